The molecule has 3 rings (SSSR count). The quantitative estimate of drug-likeness (QED) is 0.176. The molecule has 9 heteroatoms. The first-order chi connectivity index (χ1) is 17.8. The number of allylic oxidation sites excluding steroid dienone is 1. The molecule has 0 bridgehead atoms. The van der Waals surface area contributed by atoms with E-state index < -0.39 is 11.8 Å². The molecular formula is C28H23ClN2O5S. The Bertz CT molecular complexity index is 1430. The average molecular weight is 535 g/mol. The van der Waals surface area contributed by atoms with Crippen molar-refractivity contribution in [2.45, 2.75) is 26.9 Å². The predicted octanol–water partition coefficient (Wildman–Crippen LogP) is 6.06. The lowest BCUT2D eigenvalue weighted by molar-refractivity contribution is -0.114. The first-order valence-electron chi connectivity index (χ1n) is 11.2. The minimum Gasteiger partial charge on any atom is -0.493 e. The molecule has 3 aromatic rings. The molecule has 0 saturated heterocycles. The van der Waals surface area contributed by atoms with E-state index in [4.69, 9.17) is 25.8 Å². The van der Waals surface area contributed by atoms with Gasteiger partial charge >= 0.3 is 5.97 Å². The van der Waals surface area contributed by atoms with E-state index in [0.29, 0.717) is 39.1 Å². The summed E-state index contributed by atoms with van der Waals surface area (Å²) in [6.07, 6.45) is 1.26. The zero-order valence-corrected chi connectivity index (χ0v) is 22.0. The fourth-order valence-corrected chi connectivity index (χ4v) is 4.73. The lowest BCUT2D eigenvalue weighted by Crippen LogP contribution is -2.05. The summed E-state index contributed by atoms with van der Waals surface area (Å²) in [5.74, 6) is -0.0785. The lowest BCUT2D eigenvalue weighted by Gasteiger charge is -2.11. The molecule has 0 spiro atoms. The number of methoxy groups -OCH3 is 1. The topological polar surface area (TPSA) is 109 Å². The van der Waals surface area contributed by atoms with Gasteiger partial charge in [-0.3, -0.25) is 4.79 Å². The number of nitrogens with zero attached hydrogens (tertiary/aromatic N) is 2. The highest BCUT2D eigenvalue weighted by atomic mass is 35.5. The summed E-state index contributed by atoms with van der Waals surface area (Å²) in [6.45, 7) is 3.83. The van der Waals surface area contributed by atoms with Gasteiger partial charge in [-0.25, -0.2) is 4.79 Å². The molecule has 1 aromatic heterocycles. The Morgan fingerprint density at radius 3 is 2.46 bits per heavy atom. The van der Waals surface area contributed by atoms with Crippen LogP contribution in [-0.2, 0) is 22.6 Å². The lowest BCUT2D eigenvalue weighted by atomic mass is 10.0. The van der Waals surface area contributed by atoms with Gasteiger partial charge in [0.05, 0.1) is 24.9 Å². The molecule has 7 nitrogen and oxygen atoms in total. The molecule has 188 valence electrons. The summed E-state index contributed by atoms with van der Waals surface area (Å²) in [5, 5.41) is 19.9. The highest BCUT2D eigenvalue weighted by Crippen LogP contribution is 2.31. The monoisotopic (exact) mass is 534 g/mol. The number of ether oxygens (including phenoxy) is 3. The number of halogens is 1. The van der Waals surface area contributed by atoms with Crippen LogP contribution in [0.15, 0.2) is 48.0 Å². The number of Topliss-reactive ketones (excluding diaryl/α,β-unsaturated/α-hetero) is 1. The van der Waals surface area contributed by atoms with E-state index >= 15 is 0 Å². The Balaban J connectivity index is 1.80. The van der Waals surface area contributed by atoms with E-state index in [1.165, 1.54) is 13.2 Å². The van der Waals surface area contributed by atoms with Crippen LogP contribution >= 0.6 is 22.9 Å². The molecule has 2 aromatic carbocycles. The highest BCUT2D eigenvalue weighted by molar-refractivity contribution is 7.14. The van der Waals surface area contributed by atoms with Crippen molar-refractivity contribution in [2.24, 2.45) is 0 Å². The second-order valence-corrected chi connectivity index (χ2v) is 9.32. The van der Waals surface area contributed by atoms with Crippen molar-refractivity contribution in [3.63, 3.8) is 0 Å². The predicted molar refractivity (Wildman–Crippen MR) is 141 cm³/mol. The molecule has 37 heavy (non-hydrogen) atoms. The third-order valence-corrected chi connectivity index (χ3v) is 6.86. The van der Waals surface area contributed by atoms with E-state index in [2.05, 4.69) is 6.07 Å². The maximum atomic E-state index is 13.0. The third-order valence-electron chi connectivity index (χ3n) is 5.34. The summed E-state index contributed by atoms with van der Waals surface area (Å²) >= 11 is 6.95. The standard InChI is InChI=1S/C28H23ClN2O5S/c1-4-35-28(33)27-17(2)22(15-31)26(37-27)13-23(32)20(14-30)11-19-7-10-24(25(12-19)34-3)36-16-18-5-8-21(29)9-6-18/h5-12H,4,13,16H2,1-3H3/b20-11+. The first kappa shape index (κ1) is 27.5. The van der Waals surface area contributed by atoms with Gasteiger partial charge in [0.15, 0.2) is 17.3 Å². The van der Waals surface area contributed by atoms with Gasteiger partial charge in [0.2, 0.25) is 0 Å². The van der Waals surface area contributed by atoms with Gasteiger partial charge in [0.1, 0.15) is 23.6 Å². The van der Waals surface area contributed by atoms with E-state index in [1.807, 2.05) is 18.2 Å². The second kappa shape index (κ2) is 12.7. The average Bonchev–Trinajstić information content (AvgIpc) is 3.21. The van der Waals surface area contributed by atoms with Crippen molar-refractivity contribution in [1.29, 1.82) is 10.5 Å². The molecule has 0 aliphatic carbocycles. The van der Waals surface area contributed by atoms with Gasteiger partial charge in [0.25, 0.3) is 0 Å². The number of ketones is 1. The number of hydrogen-bond acceptors (Lipinski definition) is 8. The zero-order chi connectivity index (χ0) is 26.9. The number of benzene rings is 2. The van der Waals surface area contributed by atoms with Crippen LogP contribution in [0.4, 0.5) is 0 Å². The Morgan fingerprint density at radius 1 is 1.11 bits per heavy atom. The van der Waals surface area contributed by atoms with Crippen molar-refractivity contribution >= 4 is 40.8 Å². The maximum Gasteiger partial charge on any atom is 0.348 e. The number of hydrogen-bond donors (Lipinski definition) is 0. The fourth-order valence-electron chi connectivity index (χ4n) is 3.45. The number of carbonyl (C=O) groups excluding carboxylic acids is 2. The minimum absolute atomic E-state index is 0.0930. The molecule has 0 aliphatic heterocycles. The molecule has 0 atom stereocenters. The van der Waals surface area contributed by atoms with Crippen LogP contribution in [0.2, 0.25) is 5.02 Å². The van der Waals surface area contributed by atoms with Crippen molar-refractivity contribution < 1.29 is 23.8 Å². The SMILES string of the molecule is CCOC(=O)c1sc(CC(=O)/C(C#N)=C/c2ccc(OCc3ccc(Cl)cc3)c(OC)c2)c(C#N)c1C. The second-order valence-electron chi connectivity index (χ2n) is 7.78. The smallest absolute Gasteiger partial charge is 0.348 e. The highest BCUT2D eigenvalue weighted by Gasteiger charge is 2.23. The van der Waals surface area contributed by atoms with Crippen LogP contribution in [0.1, 0.15) is 43.7 Å². The van der Waals surface area contributed by atoms with Gasteiger partial charge in [-0.1, -0.05) is 29.8 Å². The third kappa shape index (κ3) is 6.77. The van der Waals surface area contributed by atoms with Crippen LogP contribution in [0, 0.1) is 29.6 Å². The van der Waals surface area contributed by atoms with Gasteiger partial charge in [-0.05, 0) is 60.9 Å². The van der Waals surface area contributed by atoms with Crippen LogP contribution in [-0.4, -0.2) is 25.5 Å². The van der Waals surface area contributed by atoms with Crippen LogP contribution < -0.4 is 9.47 Å². The molecular weight excluding hydrogens is 512 g/mol. The molecule has 0 aliphatic rings. The van der Waals surface area contributed by atoms with Gasteiger partial charge in [-0.2, -0.15) is 10.5 Å². The zero-order valence-electron chi connectivity index (χ0n) is 20.5. The number of carbonyl (C=O) groups is 2. The molecule has 0 unspecified atom stereocenters. The Kier molecular flexibility index (Phi) is 9.45. The van der Waals surface area contributed by atoms with Gasteiger partial charge in [0, 0.05) is 16.3 Å². The molecule has 0 N–H and O–H groups in total. The van der Waals surface area contributed by atoms with Gasteiger partial charge in [-0.15, -0.1) is 11.3 Å². The molecule has 1 heterocycles. The van der Waals surface area contributed by atoms with E-state index in [-0.39, 0.29) is 29.0 Å². The fraction of sp³-hybridized carbons (Fsp3) is 0.214. The van der Waals surface area contributed by atoms with E-state index in [0.717, 1.165) is 16.9 Å². The summed E-state index contributed by atoms with van der Waals surface area (Å²) < 4.78 is 16.3. The number of rotatable bonds is 10. The summed E-state index contributed by atoms with van der Waals surface area (Å²) in [5.41, 5.74) is 2.12. The van der Waals surface area contributed by atoms with Crippen molar-refractivity contribution in [2.75, 3.05) is 13.7 Å². The molecule has 0 saturated carbocycles. The van der Waals surface area contributed by atoms with Crippen molar-refractivity contribution in [3.05, 3.63) is 85.1 Å². The van der Waals surface area contributed by atoms with E-state index in [9.17, 15) is 20.1 Å². The van der Waals surface area contributed by atoms with Crippen LogP contribution in [0.5, 0.6) is 11.5 Å². The van der Waals surface area contributed by atoms with Crippen LogP contribution in [0.3, 0.4) is 0 Å². The Morgan fingerprint density at radius 2 is 1.84 bits per heavy atom. The molecule has 0 amide bonds. The Hall–Kier alpha value is -4.11. The number of nitriles is 2. The maximum absolute atomic E-state index is 13.0. The van der Waals surface area contributed by atoms with Gasteiger partial charge < -0.3 is 14.2 Å². The van der Waals surface area contributed by atoms with Crippen molar-refractivity contribution in [1.82, 2.24) is 0 Å². The number of esters is 1. The Labute approximate surface area is 224 Å². The molecule has 0 fully saturated rings. The molecule has 0 radical (unpaired) electrons. The summed E-state index contributed by atoms with van der Waals surface area (Å²) in [6, 6.07) is 16.3. The minimum atomic E-state index is -0.540. The summed E-state index contributed by atoms with van der Waals surface area (Å²) in [7, 11) is 1.50. The van der Waals surface area contributed by atoms with Crippen molar-refractivity contribution in [3.8, 4) is 23.6 Å². The van der Waals surface area contributed by atoms with Crippen LogP contribution in [0.25, 0.3) is 6.08 Å². The normalized spacial score (nSPS) is 10.8. The summed E-state index contributed by atoms with van der Waals surface area (Å²) in [4.78, 5) is 25.9. The van der Waals surface area contributed by atoms with E-state index in [1.54, 1.807) is 44.2 Å². The number of thiophene rings is 1. The first-order valence-corrected chi connectivity index (χ1v) is 12.4. The largest absolute Gasteiger partial charge is 0.493 e.